The molecule has 0 saturated carbocycles. The zero-order valence-corrected chi connectivity index (χ0v) is 14.4. The van der Waals surface area contributed by atoms with Crippen molar-refractivity contribution in [1.29, 1.82) is 0 Å². The van der Waals surface area contributed by atoms with E-state index in [-0.39, 0.29) is 30.5 Å². The number of hydrogen-bond acceptors (Lipinski definition) is 2. The number of halogens is 3. The van der Waals surface area contributed by atoms with Crippen LogP contribution in [0.5, 0.6) is 0 Å². The number of rotatable bonds is 5. The van der Waals surface area contributed by atoms with Gasteiger partial charge in [-0.05, 0) is 24.3 Å². The highest BCUT2D eigenvalue weighted by Gasteiger charge is 2.14. The lowest BCUT2D eigenvalue weighted by Gasteiger charge is -2.18. The first-order valence-corrected chi connectivity index (χ1v) is 7.88. The van der Waals surface area contributed by atoms with E-state index >= 15 is 0 Å². The van der Waals surface area contributed by atoms with Crippen LogP contribution in [0, 0.1) is 11.6 Å². The van der Waals surface area contributed by atoms with Gasteiger partial charge < -0.3 is 10.2 Å². The molecule has 0 aliphatic heterocycles. The molecule has 0 aliphatic carbocycles. The number of likely N-dealkylation sites (N-methyl/N-ethyl adjacent to an activating group) is 1. The molecule has 0 atom stereocenters. The highest BCUT2D eigenvalue weighted by atomic mass is 79.9. The minimum atomic E-state index is -0.715. The summed E-state index contributed by atoms with van der Waals surface area (Å²) in [6, 6.07) is 9.94. The second-order valence-corrected chi connectivity index (χ2v) is 6.09. The van der Waals surface area contributed by atoms with Crippen molar-refractivity contribution in [1.82, 2.24) is 10.2 Å². The molecule has 0 bridgehead atoms. The Labute approximate surface area is 146 Å². The lowest BCUT2D eigenvalue weighted by molar-refractivity contribution is -0.129. The quantitative estimate of drug-likeness (QED) is 0.843. The molecule has 7 heteroatoms. The van der Waals surface area contributed by atoms with Gasteiger partial charge in [0.25, 0.3) is 5.91 Å². The van der Waals surface area contributed by atoms with Crippen LogP contribution < -0.4 is 5.32 Å². The van der Waals surface area contributed by atoms with Gasteiger partial charge in [-0.15, -0.1) is 0 Å². The molecule has 0 fully saturated rings. The van der Waals surface area contributed by atoms with Crippen LogP contribution in [0.1, 0.15) is 15.9 Å². The first kappa shape index (κ1) is 18.1. The number of carbonyl (C=O) groups excluding carboxylic acids is 2. The van der Waals surface area contributed by atoms with Crippen molar-refractivity contribution in [3.63, 3.8) is 0 Å². The molecule has 24 heavy (non-hydrogen) atoms. The lowest BCUT2D eigenvalue weighted by atomic mass is 10.2. The van der Waals surface area contributed by atoms with Crippen molar-refractivity contribution in [2.45, 2.75) is 6.54 Å². The van der Waals surface area contributed by atoms with Gasteiger partial charge in [-0.3, -0.25) is 9.59 Å². The van der Waals surface area contributed by atoms with Crippen molar-refractivity contribution >= 4 is 27.7 Å². The Bertz CT molecular complexity index is 768. The third-order valence-electron chi connectivity index (χ3n) is 3.34. The van der Waals surface area contributed by atoms with Crippen LogP contribution in [0.2, 0.25) is 0 Å². The Balaban J connectivity index is 1.90. The molecule has 0 radical (unpaired) electrons. The maximum Gasteiger partial charge on any atom is 0.251 e. The van der Waals surface area contributed by atoms with E-state index in [4.69, 9.17) is 0 Å². The third kappa shape index (κ3) is 4.86. The zero-order chi connectivity index (χ0) is 17.7. The van der Waals surface area contributed by atoms with Crippen molar-refractivity contribution in [3.8, 4) is 0 Å². The summed E-state index contributed by atoms with van der Waals surface area (Å²) in [6.45, 7) is -0.234. The van der Waals surface area contributed by atoms with Crippen LogP contribution in [0.25, 0.3) is 0 Å². The van der Waals surface area contributed by atoms with E-state index in [2.05, 4.69) is 21.2 Å². The molecule has 2 rings (SSSR count). The number of nitrogens with zero attached hydrogens (tertiary/aromatic N) is 1. The molecule has 0 spiro atoms. The Morgan fingerprint density at radius 3 is 2.58 bits per heavy atom. The van der Waals surface area contributed by atoms with Crippen molar-refractivity contribution < 1.29 is 18.4 Å². The molecular formula is C17H15BrF2N2O2. The predicted molar refractivity (Wildman–Crippen MR) is 89.3 cm³/mol. The number of hydrogen-bond donors (Lipinski definition) is 1. The van der Waals surface area contributed by atoms with Gasteiger partial charge in [-0.25, -0.2) is 8.78 Å². The molecule has 0 unspecified atom stereocenters. The number of benzene rings is 2. The van der Waals surface area contributed by atoms with E-state index in [0.717, 1.165) is 16.6 Å². The highest BCUT2D eigenvalue weighted by Crippen LogP contribution is 2.12. The fraction of sp³-hybridized carbons (Fsp3) is 0.176. The van der Waals surface area contributed by atoms with Crippen LogP contribution in [0.15, 0.2) is 46.9 Å². The van der Waals surface area contributed by atoms with Crippen LogP contribution >= 0.6 is 15.9 Å². The monoisotopic (exact) mass is 396 g/mol. The molecule has 0 aromatic heterocycles. The summed E-state index contributed by atoms with van der Waals surface area (Å²) in [7, 11) is 1.48. The summed E-state index contributed by atoms with van der Waals surface area (Å²) in [5.74, 6) is -2.16. The van der Waals surface area contributed by atoms with Gasteiger partial charge >= 0.3 is 0 Å². The highest BCUT2D eigenvalue weighted by molar-refractivity contribution is 9.10. The summed E-state index contributed by atoms with van der Waals surface area (Å²) in [5, 5.41) is 2.51. The SMILES string of the molecule is CN(Cc1ccc(F)cc1F)C(=O)CNC(=O)c1cccc(Br)c1. The number of nitrogens with one attached hydrogen (secondary N) is 1. The molecule has 1 N–H and O–H groups in total. The minimum absolute atomic E-state index is 0.0162. The van der Waals surface area contributed by atoms with E-state index in [1.54, 1.807) is 24.3 Å². The van der Waals surface area contributed by atoms with Gasteiger partial charge in [-0.1, -0.05) is 28.1 Å². The van der Waals surface area contributed by atoms with Crippen LogP contribution in [-0.2, 0) is 11.3 Å². The Morgan fingerprint density at radius 1 is 1.17 bits per heavy atom. The normalized spacial score (nSPS) is 10.3. The van der Waals surface area contributed by atoms with E-state index < -0.39 is 11.6 Å². The zero-order valence-electron chi connectivity index (χ0n) is 12.9. The molecule has 4 nitrogen and oxygen atoms in total. The smallest absolute Gasteiger partial charge is 0.251 e. The standard InChI is InChI=1S/C17H15BrF2N2O2/c1-22(10-12-5-6-14(19)8-15(12)20)16(23)9-21-17(24)11-3-2-4-13(18)7-11/h2-8H,9-10H2,1H3,(H,21,24). The molecule has 2 aromatic carbocycles. The number of carbonyl (C=O) groups is 2. The Hall–Kier alpha value is -2.28. The average Bonchev–Trinajstić information content (AvgIpc) is 2.54. The second-order valence-electron chi connectivity index (χ2n) is 5.18. The maximum absolute atomic E-state index is 13.6. The Kier molecular flexibility index (Phi) is 6.03. The van der Waals surface area contributed by atoms with Gasteiger partial charge in [0.1, 0.15) is 11.6 Å². The largest absolute Gasteiger partial charge is 0.343 e. The average molecular weight is 397 g/mol. The first-order valence-electron chi connectivity index (χ1n) is 7.08. The van der Waals surface area contributed by atoms with Gasteiger partial charge in [0, 0.05) is 35.3 Å². The lowest BCUT2D eigenvalue weighted by Crippen LogP contribution is -2.38. The van der Waals surface area contributed by atoms with Gasteiger partial charge in [-0.2, -0.15) is 0 Å². The van der Waals surface area contributed by atoms with Crippen LogP contribution in [-0.4, -0.2) is 30.3 Å². The molecule has 0 aliphatic rings. The van der Waals surface area contributed by atoms with E-state index in [1.165, 1.54) is 18.0 Å². The fourth-order valence-corrected chi connectivity index (χ4v) is 2.42. The van der Waals surface area contributed by atoms with Gasteiger partial charge in [0.15, 0.2) is 0 Å². The van der Waals surface area contributed by atoms with E-state index in [1.807, 2.05) is 0 Å². The predicted octanol–water partition coefficient (Wildman–Crippen LogP) is 3.12. The summed E-state index contributed by atoms with van der Waals surface area (Å²) < 4.78 is 27.2. The fourth-order valence-electron chi connectivity index (χ4n) is 2.02. The summed E-state index contributed by atoms with van der Waals surface area (Å²) in [6.07, 6.45) is 0. The third-order valence-corrected chi connectivity index (χ3v) is 3.83. The second kappa shape index (κ2) is 8.01. The molecule has 0 saturated heterocycles. The Morgan fingerprint density at radius 2 is 1.92 bits per heavy atom. The minimum Gasteiger partial charge on any atom is -0.343 e. The van der Waals surface area contributed by atoms with E-state index in [0.29, 0.717) is 5.56 Å². The summed E-state index contributed by atoms with van der Waals surface area (Å²) in [5.41, 5.74) is 0.620. The van der Waals surface area contributed by atoms with Crippen molar-refractivity contribution in [2.24, 2.45) is 0 Å². The maximum atomic E-state index is 13.6. The molecule has 2 aromatic rings. The molecule has 2 amide bonds. The molecule has 126 valence electrons. The summed E-state index contributed by atoms with van der Waals surface area (Å²) >= 11 is 3.27. The van der Waals surface area contributed by atoms with Crippen molar-refractivity contribution in [3.05, 3.63) is 69.7 Å². The van der Waals surface area contributed by atoms with Crippen LogP contribution in [0.3, 0.4) is 0 Å². The van der Waals surface area contributed by atoms with Gasteiger partial charge in [0.2, 0.25) is 5.91 Å². The van der Waals surface area contributed by atoms with Crippen LogP contribution in [0.4, 0.5) is 8.78 Å². The van der Waals surface area contributed by atoms with Crippen molar-refractivity contribution in [2.75, 3.05) is 13.6 Å². The van der Waals surface area contributed by atoms with E-state index in [9.17, 15) is 18.4 Å². The number of amides is 2. The molecule has 0 heterocycles. The summed E-state index contributed by atoms with van der Waals surface area (Å²) in [4.78, 5) is 25.3. The first-order chi connectivity index (χ1) is 11.4. The topological polar surface area (TPSA) is 49.4 Å². The molecular weight excluding hydrogens is 382 g/mol. The van der Waals surface area contributed by atoms with Gasteiger partial charge in [0.05, 0.1) is 6.54 Å².